The summed E-state index contributed by atoms with van der Waals surface area (Å²) >= 11 is 0. The molecule has 1 atom stereocenters. The lowest BCUT2D eigenvalue weighted by atomic mass is 10.1. The summed E-state index contributed by atoms with van der Waals surface area (Å²) in [5.74, 6) is 1.34. The molecular formula is C15H22N2O3. The molecule has 5 nitrogen and oxygen atoms in total. The van der Waals surface area contributed by atoms with E-state index in [1.165, 1.54) is 0 Å². The van der Waals surface area contributed by atoms with Gasteiger partial charge in [-0.3, -0.25) is 5.32 Å². The first-order valence-corrected chi connectivity index (χ1v) is 6.69. The van der Waals surface area contributed by atoms with Crippen LogP contribution in [0.4, 0.5) is 0 Å². The van der Waals surface area contributed by atoms with Crippen LogP contribution in [-0.4, -0.2) is 34.0 Å². The van der Waals surface area contributed by atoms with Crippen molar-refractivity contribution in [2.24, 2.45) is 0 Å². The van der Waals surface area contributed by atoms with Gasteiger partial charge in [0, 0.05) is 13.7 Å². The molecule has 110 valence electrons. The number of nitrogens with zero attached hydrogens (tertiary/aromatic N) is 1. The molecule has 1 unspecified atom stereocenters. The monoisotopic (exact) mass is 278 g/mol. The Balaban J connectivity index is 2.81. The summed E-state index contributed by atoms with van der Waals surface area (Å²) in [7, 11) is 3.23. The van der Waals surface area contributed by atoms with Crippen molar-refractivity contribution in [3.8, 4) is 17.6 Å². The molecule has 0 heterocycles. The highest BCUT2D eigenvalue weighted by molar-refractivity contribution is 5.44. The van der Waals surface area contributed by atoms with Gasteiger partial charge in [-0.2, -0.15) is 5.26 Å². The van der Waals surface area contributed by atoms with Crippen LogP contribution in [0.15, 0.2) is 18.2 Å². The Morgan fingerprint density at radius 2 is 2.05 bits per heavy atom. The van der Waals surface area contributed by atoms with Crippen LogP contribution in [0.5, 0.6) is 11.5 Å². The van der Waals surface area contributed by atoms with E-state index in [9.17, 15) is 5.26 Å². The first-order valence-electron chi connectivity index (χ1n) is 6.69. The zero-order valence-corrected chi connectivity index (χ0v) is 12.3. The second kappa shape index (κ2) is 9.18. The van der Waals surface area contributed by atoms with E-state index in [1.54, 1.807) is 14.2 Å². The van der Waals surface area contributed by atoms with Gasteiger partial charge in [-0.25, -0.2) is 0 Å². The molecule has 5 heteroatoms. The second-order valence-corrected chi connectivity index (χ2v) is 4.27. The average molecular weight is 278 g/mol. The van der Waals surface area contributed by atoms with E-state index >= 15 is 0 Å². The lowest BCUT2D eigenvalue weighted by molar-refractivity contribution is 0.198. The minimum Gasteiger partial charge on any atom is -0.493 e. The van der Waals surface area contributed by atoms with Gasteiger partial charge in [-0.05, 0) is 24.1 Å². The van der Waals surface area contributed by atoms with Gasteiger partial charge in [0.2, 0.25) is 0 Å². The van der Waals surface area contributed by atoms with Crippen molar-refractivity contribution >= 4 is 0 Å². The summed E-state index contributed by atoms with van der Waals surface area (Å²) in [5.41, 5.74) is 0.851. The van der Waals surface area contributed by atoms with E-state index in [0.717, 1.165) is 12.0 Å². The van der Waals surface area contributed by atoms with Gasteiger partial charge >= 0.3 is 0 Å². The van der Waals surface area contributed by atoms with Crippen molar-refractivity contribution < 1.29 is 14.2 Å². The van der Waals surface area contributed by atoms with E-state index in [0.29, 0.717) is 31.3 Å². The van der Waals surface area contributed by atoms with Crippen LogP contribution in [0.25, 0.3) is 0 Å². The predicted molar refractivity (Wildman–Crippen MR) is 77.0 cm³/mol. The third-order valence-electron chi connectivity index (χ3n) is 2.77. The number of nitriles is 1. The Bertz CT molecular complexity index is 443. The predicted octanol–water partition coefficient (Wildman–Crippen LogP) is 2.28. The second-order valence-electron chi connectivity index (χ2n) is 4.27. The number of ether oxygens (including phenoxy) is 3. The van der Waals surface area contributed by atoms with Gasteiger partial charge in [-0.1, -0.05) is 13.0 Å². The maximum absolute atomic E-state index is 9.23. The van der Waals surface area contributed by atoms with Gasteiger partial charge in [0.05, 0.1) is 26.4 Å². The molecular weight excluding hydrogens is 256 g/mol. The third-order valence-corrected chi connectivity index (χ3v) is 2.77. The van der Waals surface area contributed by atoms with Gasteiger partial charge < -0.3 is 14.2 Å². The van der Waals surface area contributed by atoms with Gasteiger partial charge in [0.25, 0.3) is 0 Å². The van der Waals surface area contributed by atoms with Crippen LogP contribution >= 0.6 is 0 Å². The normalized spacial score (nSPS) is 11.7. The number of benzene rings is 1. The van der Waals surface area contributed by atoms with Crippen molar-refractivity contribution in [1.82, 2.24) is 5.32 Å². The molecule has 1 rings (SSSR count). The molecule has 0 aliphatic carbocycles. The minimum atomic E-state index is -0.390. The Morgan fingerprint density at radius 1 is 1.25 bits per heavy atom. The number of hydrogen-bond acceptors (Lipinski definition) is 5. The SMILES string of the molecule is CCCOc1ccc(C(C#N)NCCOC)cc1OC. The fourth-order valence-electron chi connectivity index (χ4n) is 1.74. The zero-order chi connectivity index (χ0) is 14.8. The van der Waals surface area contributed by atoms with Crippen LogP contribution in [0.1, 0.15) is 24.9 Å². The number of hydrogen-bond donors (Lipinski definition) is 1. The number of methoxy groups -OCH3 is 2. The Kier molecular flexibility index (Phi) is 7.48. The highest BCUT2D eigenvalue weighted by Crippen LogP contribution is 2.30. The molecule has 0 spiro atoms. The molecule has 0 amide bonds. The largest absolute Gasteiger partial charge is 0.493 e. The Hall–Kier alpha value is -1.77. The summed E-state index contributed by atoms with van der Waals surface area (Å²) < 4.78 is 15.9. The molecule has 0 saturated heterocycles. The van der Waals surface area contributed by atoms with Crippen LogP contribution in [-0.2, 0) is 4.74 Å². The van der Waals surface area contributed by atoms with E-state index in [1.807, 2.05) is 25.1 Å². The van der Waals surface area contributed by atoms with Crippen LogP contribution in [0, 0.1) is 11.3 Å². The molecule has 1 N–H and O–H groups in total. The smallest absolute Gasteiger partial charge is 0.161 e. The quantitative estimate of drug-likeness (QED) is 0.702. The first kappa shape index (κ1) is 16.3. The number of nitrogens with one attached hydrogen (secondary N) is 1. The minimum absolute atomic E-state index is 0.390. The molecule has 0 aromatic heterocycles. The molecule has 0 bridgehead atoms. The molecule has 0 radical (unpaired) electrons. The summed E-state index contributed by atoms with van der Waals surface area (Å²) in [5, 5.41) is 12.3. The zero-order valence-electron chi connectivity index (χ0n) is 12.3. The fraction of sp³-hybridized carbons (Fsp3) is 0.533. The van der Waals surface area contributed by atoms with Crippen LogP contribution < -0.4 is 14.8 Å². The van der Waals surface area contributed by atoms with Crippen LogP contribution in [0.3, 0.4) is 0 Å². The molecule has 0 aliphatic rings. The summed E-state index contributed by atoms with van der Waals surface area (Å²) in [6.45, 7) is 3.87. The standard InChI is InChI=1S/C15H22N2O3/c1-4-8-20-14-6-5-12(10-15(14)19-3)13(11-16)17-7-9-18-2/h5-6,10,13,17H,4,7-9H2,1-3H3. The Labute approximate surface area is 120 Å². The highest BCUT2D eigenvalue weighted by Gasteiger charge is 2.13. The molecule has 1 aromatic rings. The molecule has 0 aliphatic heterocycles. The third kappa shape index (κ3) is 4.72. The number of rotatable bonds is 9. The molecule has 0 fully saturated rings. The van der Waals surface area contributed by atoms with E-state index in [-0.39, 0.29) is 6.04 Å². The molecule has 1 aromatic carbocycles. The van der Waals surface area contributed by atoms with Gasteiger partial charge in [0.1, 0.15) is 6.04 Å². The van der Waals surface area contributed by atoms with Crippen molar-refractivity contribution in [2.45, 2.75) is 19.4 Å². The summed E-state index contributed by atoms with van der Waals surface area (Å²) in [6, 6.07) is 7.39. The first-order chi connectivity index (χ1) is 9.76. The van der Waals surface area contributed by atoms with E-state index in [4.69, 9.17) is 14.2 Å². The van der Waals surface area contributed by atoms with E-state index in [2.05, 4.69) is 11.4 Å². The molecule has 20 heavy (non-hydrogen) atoms. The maximum atomic E-state index is 9.23. The van der Waals surface area contributed by atoms with E-state index < -0.39 is 0 Å². The van der Waals surface area contributed by atoms with Crippen molar-refractivity contribution in [1.29, 1.82) is 5.26 Å². The fourth-order valence-corrected chi connectivity index (χ4v) is 1.74. The van der Waals surface area contributed by atoms with Crippen molar-refractivity contribution in [2.75, 3.05) is 34.0 Å². The lowest BCUT2D eigenvalue weighted by Crippen LogP contribution is -2.24. The highest BCUT2D eigenvalue weighted by atomic mass is 16.5. The van der Waals surface area contributed by atoms with Crippen molar-refractivity contribution in [3.05, 3.63) is 23.8 Å². The topological polar surface area (TPSA) is 63.5 Å². The Morgan fingerprint density at radius 3 is 2.65 bits per heavy atom. The molecule has 0 saturated carbocycles. The van der Waals surface area contributed by atoms with Gasteiger partial charge in [0.15, 0.2) is 11.5 Å². The average Bonchev–Trinajstić information content (AvgIpc) is 2.49. The lowest BCUT2D eigenvalue weighted by Gasteiger charge is -2.15. The van der Waals surface area contributed by atoms with Crippen LogP contribution in [0.2, 0.25) is 0 Å². The summed E-state index contributed by atoms with van der Waals surface area (Å²) in [4.78, 5) is 0. The van der Waals surface area contributed by atoms with Gasteiger partial charge in [-0.15, -0.1) is 0 Å². The maximum Gasteiger partial charge on any atom is 0.161 e. The van der Waals surface area contributed by atoms with Crippen molar-refractivity contribution in [3.63, 3.8) is 0 Å². The summed E-state index contributed by atoms with van der Waals surface area (Å²) in [6.07, 6.45) is 0.935.